The summed E-state index contributed by atoms with van der Waals surface area (Å²) >= 11 is 0. The van der Waals surface area contributed by atoms with Gasteiger partial charge in [0.2, 0.25) is 0 Å². The molecule has 0 bridgehead atoms. The van der Waals surface area contributed by atoms with E-state index in [1.807, 2.05) is 14.1 Å². The number of nitro groups is 1. The van der Waals surface area contributed by atoms with Gasteiger partial charge in [0.1, 0.15) is 5.82 Å². The topological polar surface area (TPSA) is 105 Å². The molecule has 1 aromatic carbocycles. The zero-order valence-corrected chi connectivity index (χ0v) is 13.7. The molecule has 122 valence electrons. The summed E-state index contributed by atoms with van der Waals surface area (Å²) in [5, 5.41) is 11.1. The molecule has 0 radical (unpaired) electrons. The van der Waals surface area contributed by atoms with Gasteiger partial charge in [-0.1, -0.05) is 6.07 Å². The van der Waals surface area contributed by atoms with E-state index < -0.39 is 20.6 Å². The first-order valence-corrected chi connectivity index (χ1v) is 8.10. The highest BCUT2D eigenvalue weighted by Gasteiger charge is 2.26. The van der Waals surface area contributed by atoms with Gasteiger partial charge in [0.15, 0.2) is 4.90 Å². The predicted molar refractivity (Wildman–Crippen MR) is 87.2 cm³/mol. The molecule has 9 heteroatoms. The van der Waals surface area contributed by atoms with Crippen molar-refractivity contribution in [2.45, 2.75) is 11.8 Å². The fourth-order valence-electron chi connectivity index (χ4n) is 1.92. The van der Waals surface area contributed by atoms with E-state index in [0.29, 0.717) is 11.4 Å². The summed E-state index contributed by atoms with van der Waals surface area (Å²) in [5.41, 5.74) is 0.369. The largest absolute Gasteiger partial charge is 0.363 e. The Balaban J connectivity index is 2.38. The molecular weight excluding hydrogens is 320 g/mol. The molecule has 0 unspecified atom stereocenters. The second kappa shape index (κ2) is 6.21. The number of pyridine rings is 1. The Bertz CT molecular complexity index is 832. The molecule has 0 saturated heterocycles. The number of anilines is 2. The first kappa shape index (κ1) is 16.7. The van der Waals surface area contributed by atoms with E-state index in [2.05, 4.69) is 9.71 Å². The third-order valence-corrected chi connectivity index (χ3v) is 4.49. The minimum atomic E-state index is -4.08. The van der Waals surface area contributed by atoms with Crippen molar-refractivity contribution in [1.82, 2.24) is 4.98 Å². The molecule has 1 N–H and O–H groups in total. The normalized spacial score (nSPS) is 11.1. The molecular formula is C14H16N4O4S. The second-order valence-corrected chi connectivity index (χ2v) is 6.78. The summed E-state index contributed by atoms with van der Waals surface area (Å²) in [7, 11) is -0.469. The maximum Gasteiger partial charge on any atom is 0.290 e. The smallest absolute Gasteiger partial charge is 0.290 e. The van der Waals surface area contributed by atoms with Crippen molar-refractivity contribution >= 4 is 27.2 Å². The van der Waals surface area contributed by atoms with E-state index >= 15 is 0 Å². The lowest BCUT2D eigenvalue weighted by Crippen LogP contribution is -2.15. The number of nitrogens with zero attached hydrogens (tertiary/aromatic N) is 3. The van der Waals surface area contributed by atoms with Crippen molar-refractivity contribution in [3.05, 3.63) is 52.2 Å². The number of benzene rings is 1. The lowest BCUT2D eigenvalue weighted by atomic mass is 10.2. The molecule has 23 heavy (non-hydrogen) atoms. The van der Waals surface area contributed by atoms with Crippen molar-refractivity contribution in [3.63, 3.8) is 0 Å². The monoisotopic (exact) mass is 336 g/mol. The summed E-state index contributed by atoms with van der Waals surface area (Å²) in [6, 6.07) is 7.13. The van der Waals surface area contributed by atoms with Gasteiger partial charge >= 0.3 is 0 Å². The van der Waals surface area contributed by atoms with Gasteiger partial charge < -0.3 is 4.90 Å². The maximum absolute atomic E-state index is 12.4. The van der Waals surface area contributed by atoms with Gasteiger partial charge in [0.05, 0.1) is 16.8 Å². The standard InChI is InChI=1S/C14H16N4O4S/c1-10-4-6-13(12(8-10)18(19)20)23(21,22)16-11-5-7-14(15-9-11)17(2)3/h4-9,16H,1-3H3. The van der Waals surface area contributed by atoms with E-state index in [1.54, 1.807) is 24.0 Å². The lowest BCUT2D eigenvalue weighted by molar-refractivity contribution is -0.387. The summed E-state index contributed by atoms with van der Waals surface area (Å²) in [6.07, 6.45) is 1.35. The highest BCUT2D eigenvalue weighted by Crippen LogP contribution is 2.26. The number of hydrogen-bond donors (Lipinski definition) is 1. The molecule has 2 rings (SSSR count). The number of rotatable bonds is 5. The van der Waals surface area contributed by atoms with Crippen LogP contribution in [0.5, 0.6) is 0 Å². The molecule has 0 aliphatic carbocycles. The molecule has 1 heterocycles. The van der Waals surface area contributed by atoms with E-state index in [-0.39, 0.29) is 10.6 Å². The van der Waals surface area contributed by atoms with Crippen LogP contribution in [0.3, 0.4) is 0 Å². The third-order valence-electron chi connectivity index (χ3n) is 3.06. The molecule has 2 aromatic rings. The van der Waals surface area contributed by atoms with Crippen LogP contribution in [-0.4, -0.2) is 32.4 Å². The molecule has 0 atom stereocenters. The van der Waals surface area contributed by atoms with Crippen LogP contribution in [0.2, 0.25) is 0 Å². The number of nitro benzene ring substituents is 1. The molecule has 0 fully saturated rings. The minimum Gasteiger partial charge on any atom is -0.363 e. The highest BCUT2D eigenvalue weighted by atomic mass is 32.2. The summed E-state index contributed by atoms with van der Waals surface area (Å²) in [4.78, 5) is 15.9. The summed E-state index contributed by atoms with van der Waals surface area (Å²) in [6.45, 7) is 1.65. The molecule has 0 aliphatic rings. The van der Waals surface area contributed by atoms with Crippen LogP contribution in [0, 0.1) is 17.0 Å². The minimum absolute atomic E-state index is 0.227. The van der Waals surface area contributed by atoms with E-state index in [0.717, 1.165) is 0 Å². The SMILES string of the molecule is Cc1ccc(S(=O)(=O)Nc2ccc(N(C)C)nc2)c([N+](=O)[O-])c1. The Morgan fingerprint density at radius 1 is 1.22 bits per heavy atom. The molecule has 0 spiro atoms. The maximum atomic E-state index is 12.4. The fourth-order valence-corrected chi connectivity index (χ4v) is 3.12. The van der Waals surface area contributed by atoms with Crippen molar-refractivity contribution < 1.29 is 13.3 Å². The van der Waals surface area contributed by atoms with Gasteiger partial charge in [0, 0.05) is 20.2 Å². The Kier molecular flexibility index (Phi) is 4.50. The molecule has 1 aromatic heterocycles. The number of aryl methyl sites for hydroxylation is 1. The van der Waals surface area contributed by atoms with E-state index in [4.69, 9.17) is 0 Å². The van der Waals surface area contributed by atoms with Crippen molar-refractivity contribution in [2.75, 3.05) is 23.7 Å². The quantitative estimate of drug-likeness (QED) is 0.662. The van der Waals surface area contributed by atoms with Crippen molar-refractivity contribution in [2.24, 2.45) is 0 Å². The van der Waals surface area contributed by atoms with E-state index in [9.17, 15) is 18.5 Å². The molecule has 8 nitrogen and oxygen atoms in total. The number of sulfonamides is 1. The van der Waals surface area contributed by atoms with Crippen LogP contribution in [0.25, 0.3) is 0 Å². The van der Waals surface area contributed by atoms with E-state index in [1.165, 1.54) is 24.4 Å². The third kappa shape index (κ3) is 3.75. The van der Waals surface area contributed by atoms with Crippen LogP contribution in [0.4, 0.5) is 17.2 Å². The average molecular weight is 336 g/mol. The predicted octanol–water partition coefficient (Wildman–Crippen LogP) is 2.17. The first-order valence-electron chi connectivity index (χ1n) is 6.62. The van der Waals surface area contributed by atoms with Crippen LogP contribution in [-0.2, 0) is 10.0 Å². The first-order chi connectivity index (χ1) is 10.7. The Hall–Kier alpha value is -2.68. The number of nitrogens with one attached hydrogen (secondary N) is 1. The zero-order valence-electron chi connectivity index (χ0n) is 12.8. The summed E-state index contributed by atoms with van der Waals surface area (Å²) in [5.74, 6) is 0.661. The number of hydrogen-bond acceptors (Lipinski definition) is 6. The fraction of sp³-hybridized carbons (Fsp3) is 0.214. The van der Waals surface area contributed by atoms with Crippen molar-refractivity contribution in [1.29, 1.82) is 0 Å². The number of aromatic nitrogens is 1. The Labute approximate surface area is 134 Å². The Morgan fingerprint density at radius 2 is 1.91 bits per heavy atom. The summed E-state index contributed by atoms with van der Waals surface area (Å²) < 4.78 is 27.1. The average Bonchev–Trinajstić information content (AvgIpc) is 2.46. The zero-order chi connectivity index (χ0) is 17.2. The second-order valence-electron chi connectivity index (χ2n) is 5.13. The Morgan fingerprint density at radius 3 is 2.43 bits per heavy atom. The lowest BCUT2D eigenvalue weighted by Gasteiger charge is -2.12. The molecule has 0 aliphatic heterocycles. The van der Waals surface area contributed by atoms with Crippen LogP contribution in [0.1, 0.15) is 5.56 Å². The van der Waals surface area contributed by atoms with Crippen molar-refractivity contribution in [3.8, 4) is 0 Å². The van der Waals surface area contributed by atoms with Gasteiger partial charge in [-0.05, 0) is 30.7 Å². The highest BCUT2D eigenvalue weighted by molar-refractivity contribution is 7.92. The van der Waals surface area contributed by atoms with Gasteiger partial charge in [-0.3, -0.25) is 14.8 Å². The molecule has 0 amide bonds. The van der Waals surface area contributed by atoms with Crippen LogP contribution < -0.4 is 9.62 Å². The van der Waals surface area contributed by atoms with Crippen LogP contribution in [0.15, 0.2) is 41.4 Å². The van der Waals surface area contributed by atoms with Crippen LogP contribution >= 0.6 is 0 Å². The van der Waals surface area contributed by atoms with Gasteiger partial charge in [-0.25, -0.2) is 13.4 Å². The van der Waals surface area contributed by atoms with Gasteiger partial charge in [-0.15, -0.1) is 0 Å². The van der Waals surface area contributed by atoms with Gasteiger partial charge in [0.25, 0.3) is 15.7 Å². The molecule has 0 saturated carbocycles. The van der Waals surface area contributed by atoms with Gasteiger partial charge in [-0.2, -0.15) is 0 Å².